The van der Waals surface area contributed by atoms with Gasteiger partial charge in [-0.2, -0.15) is 0 Å². The first kappa shape index (κ1) is 12.3. The van der Waals surface area contributed by atoms with Gasteiger partial charge in [-0.3, -0.25) is 0 Å². The van der Waals surface area contributed by atoms with Crippen molar-refractivity contribution in [1.82, 2.24) is 5.32 Å². The van der Waals surface area contributed by atoms with E-state index in [1.165, 1.54) is 11.6 Å². The minimum atomic E-state index is -0.301. The van der Waals surface area contributed by atoms with Gasteiger partial charge in [-0.15, -0.1) is 11.8 Å². The third-order valence-corrected chi connectivity index (χ3v) is 5.25. The molecule has 3 atom stereocenters. The average Bonchev–Trinajstić information content (AvgIpc) is 2.44. The van der Waals surface area contributed by atoms with E-state index in [1.807, 2.05) is 24.3 Å². The summed E-state index contributed by atoms with van der Waals surface area (Å²) in [5.41, 5.74) is 1.27. The monoisotopic (exact) mass is 281 g/mol. The Morgan fingerprint density at radius 2 is 2.06 bits per heavy atom. The molecule has 0 spiro atoms. The molecule has 1 aromatic rings. The van der Waals surface area contributed by atoms with Crippen LogP contribution in [0, 0.1) is 0 Å². The summed E-state index contributed by atoms with van der Waals surface area (Å²) in [7, 11) is 0. The first-order chi connectivity index (χ1) is 8.75. The van der Waals surface area contributed by atoms with Gasteiger partial charge in [0.05, 0.1) is 10.3 Å². The predicted octanol–water partition coefficient (Wildman–Crippen LogP) is 3.79. The normalized spacial score (nSPS) is 31.3. The number of fused-ring (bicyclic) bond motifs is 1. The molecule has 18 heavy (non-hydrogen) atoms. The Morgan fingerprint density at radius 3 is 2.83 bits per heavy atom. The van der Waals surface area contributed by atoms with Crippen molar-refractivity contribution in [3.8, 4) is 0 Å². The average molecular weight is 282 g/mol. The highest BCUT2D eigenvalue weighted by Crippen LogP contribution is 2.39. The van der Waals surface area contributed by atoms with E-state index in [1.54, 1.807) is 11.8 Å². The molecule has 0 saturated carbocycles. The van der Waals surface area contributed by atoms with Gasteiger partial charge in [0.15, 0.2) is 0 Å². The van der Waals surface area contributed by atoms with E-state index in [9.17, 15) is 4.39 Å². The van der Waals surface area contributed by atoms with Crippen LogP contribution >= 0.6 is 23.4 Å². The third-order valence-electron chi connectivity index (χ3n) is 3.29. The summed E-state index contributed by atoms with van der Waals surface area (Å²) in [6.45, 7) is 0. The molecular formula is C14H13ClFNS. The highest BCUT2D eigenvalue weighted by molar-refractivity contribution is 8.00. The van der Waals surface area contributed by atoms with Crippen LogP contribution in [-0.2, 0) is 0 Å². The van der Waals surface area contributed by atoms with E-state index in [2.05, 4.69) is 17.4 Å². The molecule has 0 radical (unpaired) electrons. The van der Waals surface area contributed by atoms with Crippen molar-refractivity contribution in [2.45, 2.75) is 17.3 Å². The van der Waals surface area contributed by atoms with E-state index in [0.717, 1.165) is 5.75 Å². The highest BCUT2D eigenvalue weighted by atomic mass is 35.5. The van der Waals surface area contributed by atoms with Crippen LogP contribution < -0.4 is 5.32 Å². The minimum Gasteiger partial charge on any atom is -0.301 e. The molecule has 1 aliphatic carbocycles. The summed E-state index contributed by atoms with van der Waals surface area (Å²) in [4.78, 5) is 0. The van der Waals surface area contributed by atoms with Crippen molar-refractivity contribution in [2.75, 3.05) is 5.75 Å². The second kappa shape index (κ2) is 5.08. The van der Waals surface area contributed by atoms with Crippen LogP contribution in [0.2, 0.25) is 0 Å². The van der Waals surface area contributed by atoms with Crippen molar-refractivity contribution >= 4 is 23.4 Å². The Morgan fingerprint density at radius 1 is 1.28 bits per heavy atom. The van der Waals surface area contributed by atoms with E-state index < -0.39 is 0 Å². The summed E-state index contributed by atoms with van der Waals surface area (Å²) in [5, 5.41) is 3.88. The summed E-state index contributed by atoms with van der Waals surface area (Å²) in [6.07, 6.45) is 3.33. The maximum absolute atomic E-state index is 13.4. The second-order valence-corrected chi connectivity index (χ2v) is 6.05. The molecular weight excluding hydrogens is 269 g/mol. The summed E-state index contributed by atoms with van der Waals surface area (Å²) in [6, 6.07) is 10.7. The Balaban J connectivity index is 1.79. The van der Waals surface area contributed by atoms with Crippen molar-refractivity contribution in [3.63, 3.8) is 0 Å². The van der Waals surface area contributed by atoms with Crippen molar-refractivity contribution in [3.05, 3.63) is 58.9 Å². The van der Waals surface area contributed by atoms with Crippen LogP contribution in [0.25, 0.3) is 0 Å². The third kappa shape index (κ3) is 2.22. The first-order valence-electron chi connectivity index (χ1n) is 5.91. The second-order valence-electron chi connectivity index (χ2n) is 4.46. The summed E-state index contributed by atoms with van der Waals surface area (Å²) < 4.78 is 13.4. The topological polar surface area (TPSA) is 12.0 Å². The van der Waals surface area contributed by atoms with Gasteiger partial charge in [0, 0.05) is 17.8 Å². The number of nitrogens with one attached hydrogen (secondary N) is 1. The lowest BCUT2D eigenvalue weighted by molar-refractivity contribution is 0.494. The SMILES string of the molecule is FC1=C(Cl)C2SCC(c3ccccc3)NC2C=C1. The van der Waals surface area contributed by atoms with Crippen LogP contribution in [-0.4, -0.2) is 17.0 Å². The Hall–Kier alpha value is -0.770. The Bertz CT molecular complexity index is 500. The molecule has 3 rings (SSSR count). The van der Waals surface area contributed by atoms with Crippen molar-refractivity contribution in [2.24, 2.45) is 0 Å². The molecule has 1 N–H and O–H groups in total. The number of allylic oxidation sites excluding steroid dienone is 2. The van der Waals surface area contributed by atoms with Crippen LogP contribution in [0.5, 0.6) is 0 Å². The van der Waals surface area contributed by atoms with Gasteiger partial charge < -0.3 is 5.32 Å². The van der Waals surface area contributed by atoms with E-state index in [0.29, 0.717) is 11.1 Å². The van der Waals surface area contributed by atoms with E-state index in [4.69, 9.17) is 11.6 Å². The number of halogens is 2. The minimum absolute atomic E-state index is 0.0108. The summed E-state index contributed by atoms with van der Waals surface area (Å²) in [5.74, 6) is 0.605. The van der Waals surface area contributed by atoms with Crippen molar-refractivity contribution in [1.29, 1.82) is 0 Å². The number of rotatable bonds is 1. The fourth-order valence-corrected chi connectivity index (χ4v) is 4.05. The van der Waals surface area contributed by atoms with Crippen LogP contribution in [0.1, 0.15) is 11.6 Å². The Labute approximate surface area is 115 Å². The van der Waals surface area contributed by atoms with Gasteiger partial charge in [0.25, 0.3) is 0 Å². The van der Waals surface area contributed by atoms with E-state index in [-0.39, 0.29) is 17.1 Å². The molecule has 0 amide bonds. The van der Waals surface area contributed by atoms with Crippen molar-refractivity contribution < 1.29 is 4.39 Å². The maximum Gasteiger partial charge on any atom is 0.138 e. The van der Waals surface area contributed by atoms with Crippen LogP contribution in [0.15, 0.2) is 53.3 Å². The van der Waals surface area contributed by atoms with Gasteiger partial charge in [0.2, 0.25) is 0 Å². The molecule has 1 aliphatic heterocycles. The molecule has 0 aromatic heterocycles. The molecule has 94 valence electrons. The quantitative estimate of drug-likeness (QED) is 0.840. The fourth-order valence-electron chi connectivity index (χ4n) is 2.34. The molecule has 1 saturated heterocycles. The number of hydrogen-bond donors (Lipinski definition) is 1. The molecule has 3 unspecified atom stereocenters. The molecule has 1 nitrogen and oxygen atoms in total. The number of thioether (sulfide) groups is 1. The molecule has 1 fully saturated rings. The Kier molecular flexibility index (Phi) is 3.46. The van der Waals surface area contributed by atoms with Gasteiger partial charge in [-0.1, -0.05) is 48.0 Å². The molecule has 4 heteroatoms. The number of benzene rings is 1. The zero-order valence-electron chi connectivity index (χ0n) is 9.64. The van der Waals surface area contributed by atoms with Crippen LogP contribution in [0.3, 0.4) is 0 Å². The molecule has 1 aromatic carbocycles. The molecule has 1 heterocycles. The highest BCUT2D eigenvalue weighted by Gasteiger charge is 2.34. The van der Waals surface area contributed by atoms with Gasteiger partial charge in [0.1, 0.15) is 5.83 Å². The van der Waals surface area contributed by atoms with Gasteiger partial charge in [-0.05, 0) is 11.6 Å². The lowest BCUT2D eigenvalue weighted by Gasteiger charge is -2.37. The maximum atomic E-state index is 13.4. The lowest BCUT2D eigenvalue weighted by atomic mass is 10.0. The zero-order chi connectivity index (χ0) is 12.5. The van der Waals surface area contributed by atoms with Gasteiger partial charge in [-0.25, -0.2) is 4.39 Å². The summed E-state index contributed by atoms with van der Waals surface area (Å²) >= 11 is 7.75. The number of hydrogen-bond acceptors (Lipinski definition) is 2. The smallest absolute Gasteiger partial charge is 0.138 e. The van der Waals surface area contributed by atoms with Crippen LogP contribution in [0.4, 0.5) is 4.39 Å². The first-order valence-corrected chi connectivity index (χ1v) is 7.34. The van der Waals surface area contributed by atoms with E-state index >= 15 is 0 Å². The standard InChI is InChI=1S/C14H13ClFNS/c15-13-10(16)6-7-11-14(13)18-8-12(17-11)9-4-2-1-3-5-9/h1-7,11-12,14,17H,8H2. The fraction of sp³-hybridized carbons (Fsp3) is 0.286. The van der Waals surface area contributed by atoms with Gasteiger partial charge >= 0.3 is 0 Å². The largest absolute Gasteiger partial charge is 0.301 e. The molecule has 0 bridgehead atoms. The molecule has 2 aliphatic rings. The predicted molar refractivity (Wildman–Crippen MR) is 75.5 cm³/mol. The zero-order valence-corrected chi connectivity index (χ0v) is 11.2. The lowest BCUT2D eigenvalue weighted by Crippen LogP contribution is -2.45.